The molecule has 0 aliphatic heterocycles. The van der Waals surface area contributed by atoms with Gasteiger partial charge in [-0.1, -0.05) is 18.2 Å². The largest absolute Gasteiger partial charge is 0.506 e. The number of hydrogen-bond donors (Lipinski definition) is 5. The Labute approximate surface area is 176 Å². The first kappa shape index (κ1) is 21.8. The minimum Gasteiger partial charge on any atom is -0.506 e. The van der Waals surface area contributed by atoms with E-state index in [0.717, 1.165) is 12.1 Å². The molecule has 162 valence electrons. The molecule has 0 radical (unpaired) electrons. The molecular formula is C19H18N4O7S. The van der Waals surface area contributed by atoms with Gasteiger partial charge in [0.05, 0.1) is 19.9 Å². The third-order valence-electron chi connectivity index (χ3n) is 4.24. The molecule has 0 aliphatic rings. The van der Waals surface area contributed by atoms with E-state index in [1.54, 1.807) is 24.3 Å². The predicted octanol–water partition coefficient (Wildman–Crippen LogP) is 4.73. The summed E-state index contributed by atoms with van der Waals surface area (Å²) in [6.07, 6.45) is -0.723. The molecule has 0 fully saturated rings. The molecule has 0 bridgehead atoms. The highest BCUT2D eigenvalue weighted by molar-refractivity contribution is 7.87. The van der Waals surface area contributed by atoms with Crippen LogP contribution in [0.5, 0.6) is 17.2 Å². The van der Waals surface area contributed by atoms with E-state index in [1.165, 1.54) is 20.3 Å². The maximum atomic E-state index is 11.7. The molecule has 12 heteroatoms. The van der Waals surface area contributed by atoms with Crippen LogP contribution in [0.15, 0.2) is 57.6 Å². The number of benzene rings is 3. The Hall–Kier alpha value is -3.90. The second kappa shape index (κ2) is 8.45. The van der Waals surface area contributed by atoms with Gasteiger partial charge in [0.15, 0.2) is 10.0 Å². The van der Waals surface area contributed by atoms with Gasteiger partial charge in [-0.05, 0) is 17.5 Å². The maximum absolute atomic E-state index is 11.7. The SMILES string of the molecule is COC(=O)Nc1cccc2ccc(O)c(N=Nc3cc(OC)c(S(=N)(=O)O)cc3O)c12. The standard InChI is InChI=1S/C19H18N4O7S/c1-29-15-8-12(14(25)9-16(15)31(20,27)28)22-23-18-13(24)7-6-10-4-3-5-11(17(10)18)21-19(26)30-2/h3-9,24-25H,1-2H3,(H,21,26)(H2,20,27,28). The topological polar surface area (TPSA) is 174 Å². The van der Waals surface area contributed by atoms with E-state index in [0.29, 0.717) is 16.5 Å². The van der Waals surface area contributed by atoms with Gasteiger partial charge in [-0.15, -0.1) is 10.2 Å². The number of nitrogens with zero attached hydrogens (tertiary/aromatic N) is 2. The van der Waals surface area contributed by atoms with Crippen LogP contribution >= 0.6 is 0 Å². The number of hydrogen-bond acceptors (Lipinski definition) is 9. The fourth-order valence-electron chi connectivity index (χ4n) is 2.81. The van der Waals surface area contributed by atoms with E-state index in [4.69, 9.17) is 9.52 Å². The van der Waals surface area contributed by atoms with Gasteiger partial charge in [0.25, 0.3) is 0 Å². The number of azo groups is 1. The normalized spacial score (nSPS) is 13.1. The first-order valence-corrected chi connectivity index (χ1v) is 10.1. The fraction of sp³-hybridized carbons (Fsp3) is 0.105. The lowest BCUT2D eigenvalue weighted by Gasteiger charge is -2.11. The van der Waals surface area contributed by atoms with E-state index >= 15 is 0 Å². The van der Waals surface area contributed by atoms with Crippen LogP contribution in [-0.2, 0) is 14.7 Å². The molecule has 1 unspecified atom stereocenters. The van der Waals surface area contributed by atoms with Crippen molar-refractivity contribution in [1.29, 1.82) is 4.78 Å². The minimum atomic E-state index is -4.16. The van der Waals surface area contributed by atoms with Crippen LogP contribution in [0.3, 0.4) is 0 Å². The van der Waals surface area contributed by atoms with E-state index in [2.05, 4.69) is 20.3 Å². The molecule has 0 saturated carbocycles. The Morgan fingerprint density at radius 2 is 1.84 bits per heavy atom. The number of carbonyl (C=O) groups excluding carboxylic acids is 1. The zero-order chi connectivity index (χ0) is 22.8. The van der Waals surface area contributed by atoms with Gasteiger partial charge in [0.1, 0.15) is 33.5 Å². The molecule has 1 amide bonds. The number of phenols is 2. The summed E-state index contributed by atoms with van der Waals surface area (Å²) < 4.78 is 38.0. The average Bonchev–Trinajstić information content (AvgIpc) is 2.73. The van der Waals surface area contributed by atoms with Crippen molar-refractivity contribution >= 4 is 43.9 Å². The minimum absolute atomic E-state index is 0.00149. The van der Waals surface area contributed by atoms with Gasteiger partial charge in [-0.3, -0.25) is 9.87 Å². The number of rotatable bonds is 5. The number of aromatic hydroxyl groups is 2. The number of nitrogens with one attached hydrogen (secondary N) is 2. The molecule has 31 heavy (non-hydrogen) atoms. The Morgan fingerprint density at radius 3 is 2.48 bits per heavy atom. The molecule has 3 aromatic carbocycles. The van der Waals surface area contributed by atoms with Gasteiger partial charge in [-0.25, -0.2) is 13.8 Å². The zero-order valence-corrected chi connectivity index (χ0v) is 17.1. The van der Waals surface area contributed by atoms with Gasteiger partial charge in [0.2, 0.25) is 0 Å². The second-order valence-corrected chi connectivity index (χ2v) is 7.66. The number of carbonyl (C=O) groups is 1. The van der Waals surface area contributed by atoms with Gasteiger partial charge in [0, 0.05) is 17.5 Å². The Kier molecular flexibility index (Phi) is 5.95. The van der Waals surface area contributed by atoms with E-state index in [1.807, 2.05) is 0 Å². The van der Waals surface area contributed by atoms with Crippen molar-refractivity contribution in [3.05, 3.63) is 42.5 Å². The number of ether oxygens (including phenoxy) is 2. The molecule has 0 spiro atoms. The molecule has 5 N–H and O–H groups in total. The second-order valence-electron chi connectivity index (χ2n) is 6.17. The molecular weight excluding hydrogens is 428 g/mol. The van der Waals surface area contributed by atoms with Crippen molar-refractivity contribution < 1.29 is 33.2 Å². The van der Waals surface area contributed by atoms with Gasteiger partial charge < -0.3 is 19.7 Å². The van der Waals surface area contributed by atoms with Crippen LogP contribution in [0.4, 0.5) is 21.9 Å². The van der Waals surface area contributed by atoms with Crippen molar-refractivity contribution in [2.75, 3.05) is 19.5 Å². The third kappa shape index (κ3) is 4.49. The third-order valence-corrected chi connectivity index (χ3v) is 5.15. The molecule has 3 aromatic rings. The van der Waals surface area contributed by atoms with E-state index in [-0.39, 0.29) is 22.9 Å². The summed E-state index contributed by atoms with van der Waals surface area (Å²) in [5.41, 5.74) is 0.165. The van der Waals surface area contributed by atoms with Crippen LogP contribution in [0.1, 0.15) is 0 Å². The highest BCUT2D eigenvalue weighted by Crippen LogP contribution is 2.42. The van der Waals surface area contributed by atoms with Crippen LogP contribution in [-0.4, -0.2) is 39.3 Å². The zero-order valence-electron chi connectivity index (χ0n) is 16.3. The summed E-state index contributed by atoms with van der Waals surface area (Å²) >= 11 is 0. The number of amides is 1. The van der Waals surface area contributed by atoms with Crippen LogP contribution in [0.25, 0.3) is 10.8 Å². The van der Waals surface area contributed by atoms with E-state index < -0.39 is 26.7 Å². The van der Waals surface area contributed by atoms with Crippen molar-refractivity contribution in [3.8, 4) is 17.2 Å². The smallest absolute Gasteiger partial charge is 0.411 e. The van der Waals surface area contributed by atoms with Crippen molar-refractivity contribution in [3.63, 3.8) is 0 Å². The summed E-state index contributed by atoms with van der Waals surface area (Å²) in [5, 5.41) is 32.0. The average molecular weight is 446 g/mol. The summed E-state index contributed by atoms with van der Waals surface area (Å²) in [4.78, 5) is 11.2. The van der Waals surface area contributed by atoms with Crippen LogP contribution in [0.2, 0.25) is 0 Å². The number of methoxy groups -OCH3 is 2. The first-order chi connectivity index (χ1) is 14.7. The molecule has 0 aromatic heterocycles. The summed E-state index contributed by atoms with van der Waals surface area (Å²) in [6.45, 7) is 0. The van der Waals surface area contributed by atoms with Gasteiger partial charge >= 0.3 is 6.09 Å². The number of fused-ring (bicyclic) bond motifs is 1. The predicted molar refractivity (Wildman–Crippen MR) is 112 cm³/mol. The quantitative estimate of drug-likeness (QED) is 0.352. The Bertz CT molecular complexity index is 1310. The van der Waals surface area contributed by atoms with Crippen LogP contribution < -0.4 is 10.1 Å². The molecule has 3 rings (SSSR count). The van der Waals surface area contributed by atoms with Crippen molar-refractivity contribution in [2.45, 2.75) is 4.90 Å². The number of anilines is 1. The maximum Gasteiger partial charge on any atom is 0.411 e. The van der Waals surface area contributed by atoms with Crippen LogP contribution in [0, 0.1) is 4.78 Å². The molecule has 0 aliphatic carbocycles. The molecule has 0 heterocycles. The molecule has 11 nitrogen and oxygen atoms in total. The molecule has 1 atom stereocenters. The Morgan fingerprint density at radius 1 is 1.10 bits per heavy atom. The lowest BCUT2D eigenvalue weighted by molar-refractivity contribution is 0.187. The fourth-order valence-corrected chi connectivity index (χ4v) is 3.50. The summed E-state index contributed by atoms with van der Waals surface area (Å²) in [7, 11) is -1.72. The highest BCUT2D eigenvalue weighted by Gasteiger charge is 2.18. The highest BCUT2D eigenvalue weighted by atomic mass is 32.2. The molecule has 0 saturated heterocycles. The van der Waals surface area contributed by atoms with Gasteiger partial charge in [-0.2, -0.15) is 0 Å². The monoisotopic (exact) mass is 446 g/mol. The Balaban J connectivity index is 2.16. The number of phenolic OH excluding ortho intramolecular Hbond substituents is 2. The lowest BCUT2D eigenvalue weighted by atomic mass is 10.1. The van der Waals surface area contributed by atoms with Crippen molar-refractivity contribution in [1.82, 2.24) is 0 Å². The summed E-state index contributed by atoms with van der Waals surface area (Å²) in [5.74, 6) is -0.923. The lowest BCUT2D eigenvalue weighted by Crippen LogP contribution is -2.11. The summed E-state index contributed by atoms with van der Waals surface area (Å²) in [6, 6.07) is 10.0. The van der Waals surface area contributed by atoms with Crippen molar-refractivity contribution in [2.24, 2.45) is 10.2 Å². The first-order valence-electron chi connectivity index (χ1n) is 8.59. The van der Waals surface area contributed by atoms with E-state index in [9.17, 15) is 23.8 Å².